The zero-order valence-electron chi connectivity index (χ0n) is 12.1. The molecule has 0 spiro atoms. The van der Waals surface area contributed by atoms with E-state index in [1.807, 2.05) is 0 Å². The largest absolute Gasteiger partial charge is 0.308 e. The van der Waals surface area contributed by atoms with Crippen molar-refractivity contribution >= 4 is 33.8 Å². The lowest BCUT2D eigenvalue weighted by molar-refractivity contribution is 0.700. The minimum Gasteiger partial charge on any atom is -0.308 e. The molecule has 1 N–H and O–H groups in total. The molecular formula is C17H17ClN2S. The van der Waals surface area contributed by atoms with Crippen molar-refractivity contribution in [2.24, 2.45) is 0 Å². The molecule has 0 atom stereocenters. The Morgan fingerprint density at radius 1 is 1.14 bits per heavy atom. The highest BCUT2D eigenvalue weighted by Gasteiger charge is 2.06. The monoisotopic (exact) mass is 316 g/mol. The lowest BCUT2D eigenvalue weighted by Crippen LogP contribution is -2.12. The van der Waals surface area contributed by atoms with E-state index in [9.17, 15) is 0 Å². The summed E-state index contributed by atoms with van der Waals surface area (Å²) >= 11 is 8.06. The van der Waals surface area contributed by atoms with Gasteiger partial charge < -0.3 is 5.32 Å². The number of benzene rings is 1. The Labute approximate surface area is 133 Å². The normalized spacial score (nSPS) is 11.2. The van der Waals surface area contributed by atoms with Crippen molar-refractivity contribution in [1.29, 1.82) is 0 Å². The highest BCUT2D eigenvalue weighted by atomic mass is 35.5. The van der Waals surface area contributed by atoms with Crippen LogP contribution in [0.2, 0.25) is 5.15 Å². The van der Waals surface area contributed by atoms with Crippen LogP contribution in [0.3, 0.4) is 0 Å². The van der Waals surface area contributed by atoms with Gasteiger partial charge in [-0.1, -0.05) is 17.7 Å². The molecule has 0 aliphatic carbocycles. The Balaban J connectivity index is 1.81. The summed E-state index contributed by atoms with van der Waals surface area (Å²) in [6.45, 7) is 5.81. The van der Waals surface area contributed by atoms with E-state index >= 15 is 0 Å². The van der Waals surface area contributed by atoms with Crippen LogP contribution in [-0.4, -0.2) is 4.98 Å². The van der Waals surface area contributed by atoms with Gasteiger partial charge in [0.05, 0.1) is 5.52 Å². The van der Waals surface area contributed by atoms with Crippen molar-refractivity contribution in [2.75, 3.05) is 0 Å². The molecule has 4 heteroatoms. The van der Waals surface area contributed by atoms with E-state index in [1.165, 1.54) is 16.0 Å². The van der Waals surface area contributed by atoms with Crippen LogP contribution in [0.15, 0.2) is 35.7 Å². The first kappa shape index (κ1) is 14.5. The van der Waals surface area contributed by atoms with Crippen LogP contribution in [0.4, 0.5) is 0 Å². The number of halogens is 1. The average Bonchev–Trinajstić information content (AvgIpc) is 2.95. The third-order valence-electron chi connectivity index (χ3n) is 3.65. The summed E-state index contributed by atoms with van der Waals surface area (Å²) < 4.78 is 0. The van der Waals surface area contributed by atoms with Gasteiger partial charge in [-0.2, -0.15) is 0 Å². The summed E-state index contributed by atoms with van der Waals surface area (Å²) in [4.78, 5) is 5.85. The third-order valence-corrected chi connectivity index (χ3v) is 4.85. The topological polar surface area (TPSA) is 24.9 Å². The number of rotatable bonds is 4. The first-order valence-electron chi connectivity index (χ1n) is 6.93. The van der Waals surface area contributed by atoms with Crippen LogP contribution in [0.5, 0.6) is 0 Å². The number of aryl methyl sites for hydroxylation is 2. The van der Waals surface area contributed by atoms with E-state index in [1.54, 1.807) is 11.3 Å². The minimum atomic E-state index is 0.587. The lowest BCUT2D eigenvalue weighted by Gasteiger charge is -2.09. The van der Waals surface area contributed by atoms with E-state index < -0.39 is 0 Å². The van der Waals surface area contributed by atoms with Crippen LogP contribution in [0.25, 0.3) is 10.9 Å². The molecule has 108 valence electrons. The summed E-state index contributed by atoms with van der Waals surface area (Å²) in [5.74, 6) is 0. The van der Waals surface area contributed by atoms with Crippen LogP contribution in [-0.2, 0) is 13.1 Å². The molecular weight excluding hydrogens is 300 g/mol. The van der Waals surface area contributed by atoms with Crippen LogP contribution in [0.1, 0.15) is 21.6 Å². The van der Waals surface area contributed by atoms with Crippen molar-refractivity contribution in [3.8, 4) is 0 Å². The Hall–Kier alpha value is -1.42. The quantitative estimate of drug-likeness (QED) is 0.695. The number of nitrogens with zero attached hydrogens (tertiary/aromatic N) is 1. The summed E-state index contributed by atoms with van der Waals surface area (Å²) in [5, 5.41) is 7.25. The standard InChI is InChI=1S/C17H17ClN2S/c1-11-6-13-8-14(9-19-10-15-4-3-5-21-15)17(18)20-16(13)7-12(11)2/h3-8,19H,9-10H2,1-2H3. The summed E-state index contributed by atoms with van der Waals surface area (Å²) in [5.41, 5.74) is 4.54. The maximum atomic E-state index is 6.31. The molecule has 0 radical (unpaired) electrons. The first-order valence-corrected chi connectivity index (χ1v) is 8.19. The van der Waals surface area contributed by atoms with Gasteiger partial charge in [-0.25, -0.2) is 4.98 Å². The van der Waals surface area contributed by atoms with Gasteiger partial charge in [0.25, 0.3) is 0 Å². The second kappa shape index (κ2) is 6.14. The smallest absolute Gasteiger partial charge is 0.134 e. The number of fused-ring (bicyclic) bond motifs is 1. The molecule has 0 fully saturated rings. The molecule has 0 amide bonds. The fourth-order valence-corrected chi connectivity index (χ4v) is 3.20. The van der Waals surface area contributed by atoms with Crippen molar-refractivity contribution in [3.63, 3.8) is 0 Å². The molecule has 0 aliphatic rings. The fourth-order valence-electron chi connectivity index (χ4n) is 2.32. The number of nitrogens with one attached hydrogen (secondary N) is 1. The molecule has 0 aliphatic heterocycles. The Morgan fingerprint density at radius 3 is 2.71 bits per heavy atom. The maximum Gasteiger partial charge on any atom is 0.134 e. The van der Waals surface area contributed by atoms with Crippen molar-refractivity contribution < 1.29 is 0 Å². The Morgan fingerprint density at radius 2 is 1.95 bits per heavy atom. The molecule has 2 heterocycles. The summed E-state index contributed by atoms with van der Waals surface area (Å²) in [7, 11) is 0. The number of thiophene rings is 1. The second-order valence-electron chi connectivity index (χ2n) is 5.25. The van der Waals surface area contributed by atoms with E-state index in [2.05, 4.69) is 59.9 Å². The van der Waals surface area contributed by atoms with Crippen molar-refractivity contribution in [1.82, 2.24) is 10.3 Å². The van der Waals surface area contributed by atoms with E-state index in [0.717, 1.165) is 29.6 Å². The second-order valence-corrected chi connectivity index (χ2v) is 6.64. The molecule has 1 aromatic carbocycles. The van der Waals surface area contributed by atoms with Gasteiger partial charge >= 0.3 is 0 Å². The van der Waals surface area contributed by atoms with E-state index in [0.29, 0.717) is 5.15 Å². The summed E-state index contributed by atoms with van der Waals surface area (Å²) in [6.07, 6.45) is 0. The molecule has 0 saturated heterocycles. The van der Waals surface area contributed by atoms with Gasteiger partial charge in [0.2, 0.25) is 0 Å². The van der Waals surface area contributed by atoms with Gasteiger partial charge in [-0.05, 0) is 54.6 Å². The van der Waals surface area contributed by atoms with Gasteiger partial charge in [0, 0.05) is 28.9 Å². The number of pyridine rings is 1. The Bertz CT molecular complexity index is 766. The van der Waals surface area contributed by atoms with E-state index in [-0.39, 0.29) is 0 Å². The molecule has 0 unspecified atom stereocenters. The minimum absolute atomic E-state index is 0.587. The summed E-state index contributed by atoms with van der Waals surface area (Å²) in [6, 6.07) is 10.6. The van der Waals surface area contributed by atoms with Crippen LogP contribution < -0.4 is 5.32 Å². The van der Waals surface area contributed by atoms with Crippen molar-refractivity contribution in [3.05, 3.63) is 62.4 Å². The van der Waals surface area contributed by atoms with Gasteiger partial charge in [0.1, 0.15) is 5.15 Å². The number of hydrogen-bond donors (Lipinski definition) is 1. The maximum absolute atomic E-state index is 6.31. The van der Waals surface area contributed by atoms with E-state index in [4.69, 9.17) is 11.6 Å². The lowest BCUT2D eigenvalue weighted by atomic mass is 10.1. The van der Waals surface area contributed by atoms with Crippen LogP contribution >= 0.6 is 22.9 Å². The van der Waals surface area contributed by atoms with Gasteiger partial charge in [0.15, 0.2) is 0 Å². The molecule has 0 saturated carbocycles. The van der Waals surface area contributed by atoms with Crippen molar-refractivity contribution in [2.45, 2.75) is 26.9 Å². The molecule has 0 bridgehead atoms. The first-order chi connectivity index (χ1) is 10.1. The predicted molar refractivity (Wildman–Crippen MR) is 91.1 cm³/mol. The zero-order chi connectivity index (χ0) is 14.8. The van der Waals surface area contributed by atoms with Crippen LogP contribution in [0, 0.1) is 13.8 Å². The highest BCUT2D eigenvalue weighted by Crippen LogP contribution is 2.23. The third kappa shape index (κ3) is 3.26. The number of aromatic nitrogens is 1. The fraction of sp³-hybridized carbons (Fsp3) is 0.235. The molecule has 2 aromatic heterocycles. The molecule has 2 nitrogen and oxygen atoms in total. The predicted octanol–water partition coefficient (Wildman–Crippen LogP) is 4.86. The molecule has 3 aromatic rings. The SMILES string of the molecule is Cc1cc2cc(CNCc3cccs3)c(Cl)nc2cc1C. The zero-order valence-corrected chi connectivity index (χ0v) is 13.7. The molecule has 3 rings (SSSR count). The molecule has 21 heavy (non-hydrogen) atoms. The van der Waals surface area contributed by atoms with Gasteiger partial charge in [-0.15, -0.1) is 11.3 Å². The number of hydrogen-bond acceptors (Lipinski definition) is 3. The highest BCUT2D eigenvalue weighted by molar-refractivity contribution is 7.09. The average molecular weight is 317 g/mol. The van der Waals surface area contributed by atoms with Gasteiger partial charge in [-0.3, -0.25) is 0 Å². The Kier molecular flexibility index (Phi) is 4.24.